The third kappa shape index (κ3) is 3.50. The summed E-state index contributed by atoms with van der Waals surface area (Å²) in [7, 11) is 0. The van der Waals surface area contributed by atoms with E-state index in [9.17, 15) is 18.0 Å². The molecule has 2 rings (SSSR count). The van der Waals surface area contributed by atoms with Crippen LogP contribution in [-0.4, -0.2) is 19.0 Å². The zero-order valence-electron chi connectivity index (χ0n) is 11.1. The van der Waals surface area contributed by atoms with Crippen molar-refractivity contribution in [1.29, 1.82) is 0 Å². The van der Waals surface area contributed by atoms with Crippen LogP contribution in [0.25, 0.3) is 0 Å². The molecule has 2 atom stereocenters. The summed E-state index contributed by atoms with van der Waals surface area (Å²) in [5.74, 6) is 0.0252. The maximum Gasteiger partial charge on any atom is 0.416 e. The maximum absolute atomic E-state index is 12.6. The molecule has 1 heterocycles. The van der Waals surface area contributed by atoms with Gasteiger partial charge in [0.25, 0.3) is 0 Å². The summed E-state index contributed by atoms with van der Waals surface area (Å²) in [5.41, 5.74) is -0.244. The Bertz CT molecular complexity index is 488. The number of amides is 1. The van der Waals surface area contributed by atoms with Crippen molar-refractivity contribution >= 4 is 5.91 Å². The molecule has 3 nitrogen and oxygen atoms in total. The van der Waals surface area contributed by atoms with Crippen molar-refractivity contribution in [2.45, 2.75) is 19.6 Å². The van der Waals surface area contributed by atoms with Gasteiger partial charge < -0.3 is 10.6 Å². The molecule has 1 saturated heterocycles. The van der Waals surface area contributed by atoms with Crippen molar-refractivity contribution < 1.29 is 18.0 Å². The molecule has 0 spiro atoms. The van der Waals surface area contributed by atoms with Gasteiger partial charge in [-0.05, 0) is 30.2 Å². The molecule has 1 aliphatic rings. The average molecular weight is 286 g/mol. The summed E-state index contributed by atoms with van der Waals surface area (Å²) in [5, 5.41) is 5.82. The van der Waals surface area contributed by atoms with E-state index in [1.54, 1.807) is 6.07 Å². The maximum atomic E-state index is 12.6. The van der Waals surface area contributed by atoms with Crippen molar-refractivity contribution in [3.8, 4) is 0 Å². The topological polar surface area (TPSA) is 41.1 Å². The van der Waals surface area contributed by atoms with Crippen LogP contribution in [0.2, 0.25) is 0 Å². The molecule has 20 heavy (non-hydrogen) atoms. The number of hydrogen-bond donors (Lipinski definition) is 2. The van der Waals surface area contributed by atoms with E-state index in [0.29, 0.717) is 12.1 Å². The third-order valence-electron chi connectivity index (χ3n) is 3.58. The Morgan fingerprint density at radius 2 is 2.15 bits per heavy atom. The first-order valence-electron chi connectivity index (χ1n) is 6.52. The molecule has 1 aromatic rings. The molecule has 1 fully saturated rings. The van der Waals surface area contributed by atoms with Crippen LogP contribution in [-0.2, 0) is 17.5 Å². The molecule has 6 heteroatoms. The summed E-state index contributed by atoms with van der Waals surface area (Å²) >= 11 is 0. The molecule has 110 valence electrons. The van der Waals surface area contributed by atoms with E-state index < -0.39 is 11.7 Å². The van der Waals surface area contributed by atoms with E-state index >= 15 is 0 Å². The Balaban J connectivity index is 1.95. The van der Waals surface area contributed by atoms with Crippen LogP contribution in [0.3, 0.4) is 0 Å². The van der Waals surface area contributed by atoms with Gasteiger partial charge in [0, 0.05) is 13.1 Å². The molecule has 1 amide bonds. The van der Waals surface area contributed by atoms with Gasteiger partial charge in [-0.2, -0.15) is 13.2 Å². The van der Waals surface area contributed by atoms with E-state index in [0.717, 1.165) is 18.7 Å². The van der Waals surface area contributed by atoms with Gasteiger partial charge in [0.2, 0.25) is 5.91 Å². The van der Waals surface area contributed by atoms with E-state index in [4.69, 9.17) is 0 Å². The smallest absolute Gasteiger partial charge is 0.352 e. The fourth-order valence-electron chi connectivity index (χ4n) is 2.34. The molecule has 0 saturated carbocycles. The minimum atomic E-state index is -4.36. The molecule has 0 bridgehead atoms. The second kappa shape index (κ2) is 5.83. The predicted octanol–water partition coefficient (Wildman–Crippen LogP) is 2.18. The Morgan fingerprint density at radius 1 is 1.40 bits per heavy atom. The number of alkyl halides is 3. The number of hydrogen-bond acceptors (Lipinski definition) is 2. The molecular weight excluding hydrogens is 269 g/mol. The third-order valence-corrected chi connectivity index (χ3v) is 3.58. The summed E-state index contributed by atoms with van der Waals surface area (Å²) in [4.78, 5) is 11.9. The van der Waals surface area contributed by atoms with E-state index in [1.165, 1.54) is 6.07 Å². The number of carbonyl (C=O) groups excluding carboxylic acids is 1. The van der Waals surface area contributed by atoms with E-state index in [1.807, 2.05) is 6.92 Å². The van der Waals surface area contributed by atoms with Gasteiger partial charge in [-0.3, -0.25) is 4.79 Å². The van der Waals surface area contributed by atoms with Crippen LogP contribution >= 0.6 is 0 Å². The largest absolute Gasteiger partial charge is 0.416 e. The van der Waals surface area contributed by atoms with Crippen LogP contribution in [0.1, 0.15) is 18.1 Å². The molecule has 0 aromatic heterocycles. The quantitative estimate of drug-likeness (QED) is 0.894. The number of benzene rings is 1. The lowest BCUT2D eigenvalue weighted by Gasteiger charge is -2.14. The van der Waals surface area contributed by atoms with Gasteiger partial charge in [-0.15, -0.1) is 0 Å². The number of nitrogens with one attached hydrogen (secondary N) is 2. The zero-order chi connectivity index (χ0) is 14.8. The highest BCUT2D eigenvalue weighted by Gasteiger charge is 2.31. The molecule has 0 radical (unpaired) electrons. The Labute approximate surface area is 115 Å². The van der Waals surface area contributed by atoms with Gasteiger partial charge in [0.1, 0.15) is 0 Å². The van der Waals surface area contributed by atoms with Crippen molar-refractivity contribution in [1.82, 2.24) is 10.6 Å². The lowest BCUT2D eigenvalue weighted by molar-refractivity contribution is -0.137. The standard InChI is InChI=1S/C14H17F3N2O/c1-9-6-18-8-12(9)13(20)19-7-10-3-2-4-11(5-10)14(15,16)17/h2-5,9,12,18H,6-8H2,1H3,(H,19,20)/t9-,12-/m1/s1. The molecule has 0 aliphatic carbocycles. The van der Waals surface area contributed by atoms with E-state index in [-0.39, 0.29) is 24.3 Å². The highest BCUT2D eigenvalue weighted by atomic mass is 19.4. The summed E-state index contributed by atoms with van der Waals surface area (Å²) in [6, 6.07) is 5.01. The number of halogens is 3. The van der Waals surface area contributed by atoms with Crippen LogP contribution in [0.4, 0.5) is 13.2 Å². The molecule has 0 unspecified atom stereocenters. The second-order valence-electron chi connectivity index (χ2n) is 5.16. The summed E-state index contributed by atoms with van der Waals surface area (Å²) in [6.07, 6.45) is -4.36. The zero-order valence-corrected chi connectivity index (χ0v) is 11.1. The van der Waals surface area contributed by atoms with Crippen LogP contribution < -0.4 is 10.6 Å². The molecule has 1 aromatic carbocycles. The summed E-state index contributed by atoms with van der Waals surface area (Å²) < 4.78 is 37.7. The van der Waals surface area contributed by atoms with E-state index in [2.05, 4.69) is 10.6 Å². The Morgan fingerprint density at radius 3 is 2.75 bits per heavy atom. The SMILES string of the molecule is C[C@@H]1CNC[C@H]1C(=O)NCc1cccc(C(F)(F)F)c1. The van der Waals surface area contributed by atoms with Crippen molar-refractivity contribution in [3.05, 3.63) is 35.4 Å². The minimum Gasteiger partial charge on any atom is -0.352 e. The highest BCUT2D eigenvalue weighted by molar-refractivity contribution is 5.79. The molecule has 2 N–H and O–H groups in total. The fourth-order valence-corrected chi connectivity index (χ4v) is 2.34. The first kappa shape index (κ1) is 14.8. The normalized spacial score (nSPS) is 22.8. The Hall–Kier alpha value is -1.56. The molecule has 1 aliphatic heterocycles. The Kier molecular flexibility index (Phi) is 4.32. The van der Waals surface area contributed by atoms with Gasteiger partial charge in [-0.1, -0.05) is 19.1 Å². The highest BCUT2D eigenvalue weighted by Crippen LogP contribution is 2.29. The summed E-state index contributed by atoms with van der Waals surface area (Å²) in [6.45, 7) is 3.51. The number of carbonyl (C=O) groups is 1. The minimum absolute atomic E-state index is 0.110. The predicted molar refractivity (Wildman–Crippen MR) is 68.8 cm³/mol. The van der Waals surface area contributed by atoms with Crippen molar-refractivity contribution in [3.63, 3.8) is 0 Å². The number of rotatable bonds is 3. The fraction of sp³-hybridized carbons (Fsp3) is 0.500. The van der Waals surface area contributed by atoms with Gasteiger partial charge in [0.15, 0.2) is 0 Å². The van der Waals surface area contributed by atoms with Crippen LogP contribution in [0, 0.1) is 11.8 Å². The second-order valence-corrected chi connectivity index (χ2v) is 5.16. The first-order chi connectivity index (χ1) is 9.38. The molecular formula is C14H17F3N2O. The van der Waals surface area contributed by atoms with Crippen molar-refractivity contribution in [2.24, 2.45) is 11.8 Å². The monoisotopic (exact) mass is 286 g/mol. The van der Waals surface area contributed by atoms with Crippen molar-refractivity contribution in [2.75, 3.05) is 13.1 Å². The van der Waals surface area contributed by atoms with Crippen LogP contribution in [0.5, 0.6) is 0 Å². The average Bonchev–Trinajstić information content (AvgIpc) is 2.82. The van der Waals surface area contributed by atoms with Gasteiger partial charge in [0.05, 0.1) is 11.5 Å². The van der Waals surface area contributed by atoms with Crippen LogP contribution in [0.15, 0.2) is 24.3 Å². The van der Waals surface area contributed by atoms with Gasteiger partial charge >= 0.3 is 6.18 Å². The van der Waals surface area contributed by atoms with Gasteiger partial charge in [-0.25, -0.2) is 0 Å². The lowest BCUT2D eigenvalue weighted by Crippen LogP contribution is -2.33. The lowest BCUT2D eigenvalue weighted by atomic mass is 9.97. The first-order valence-corrected chi connectivity index (χ1v) is 6.52.